The summed E-state index contributed by atoms with van der Waals surface area (Å²) in [6.07, 6.45) is -0.964. The van der Waals surface area contributed by atoms with Crippen LogP contribution in [0.5, 0.6) is 0 Å². The number of piperidine rings is 1. The topological polar surface area (TPSA) is 29.5 Å². The monoisotopic (exact) mass is 415 g/mol. The number of hydrogen-bond donors (Lipinski definition) is 0. The first-order valence-electron chi connectivity index (χ1n) is 10.00. The number of carbonyl (C=O) groups is 1. The average molecular weight is 416 g/mol. The molecule has 0 N–H and O–H groups in total. The van der Waals surface area contributed by atoms with Crippen molar-refractivity contribution in [3.05, 3.63) is 35.4 Å². The fourth-order valence-corrected chi connectivity index (χ4v) is 5.50. The van der Waals surface area contributed by atoms with Crippen LogP contribution in [0.4, 0.5) is 13.2 Å². The van der Waals surface area contributed by atoms with Gasteiger partial charge in [-0.15, -0.1) is 0 Å². The van der Waals surface area contributed by atoms with Crippen LogP contribution in [0.15, 0.2) is 24.3 Å². The van der Waals surface area contributed by atoms with Gasteiger partial charge >= 0.3 is 12.1 Å². The number of hydrogen-bond acceptors (Lipinski definition) is 4. The summed E-state index contributed by atoms with van der Waals surface area (Å²) < 4.78 is 45.7. The van der Waals surface area contributed by atoms with Crippen molar-refractivity contribution < 1.29 is 22.7 Å². The van der Waals surface area contributed by atoms with Crippen molar-refractivity contribution in [3.8, 4) is 0 Å². The van der Waals surface area contributed by atoms with E-state index in [2.05, 4.69) is 4.90 Å². The molecule has 2 aliphatic rings. The lowest BCUT2D eigenvalue weighted by atomic mass is 9.72. The minimum Gasteiger partial charge on any atom is -0.466 e. The molecule has 0 radical (unpaired) electrons. The third-order valence-corrected chi connectivity index (χ3v) is 7.07. The Balaban J connectivity index is 1.80. The number of esters is 1. The first-order chi connectivity index (χ1) is 13.4. The van der Waals surface area contributed by atoms with Crippen LogP contribution < -0.4 is 0 Å². The molecule has 0 bridgehead atoms. The van der Waals surface area contributed by atoms with Gasteiger partial charge < -0.3 is 9.64 Å². The molecule has 3 nitrogen and oxygen atoms in total. The lowest BCUT2D eigenvalue weighted by Crippen LogP contribution is -2.50. The Labute approximate surface area is 169 Å². The Morgan fingerprint density at radius 2 is 1.86 bits per heavy atom. The number of thioether (sulfide) groups is 1. The fourth-order valence-electron chi connectivity index (χ4n) is 4.42. The van der Waals surface area contributed by atoms with E-state index in [1.54, 1.807) is 13.0 Å². The first kappa shape index (κ1) is 21.5. The Bertz CT molecular complexity index is 666. The van der Waals surface area contributed by atoms with Gasteiger partial charge in [0, 0.05) is 6.04 Å². The summed E-state index contributed by atoms with van der Waals surface area (Å²) >= 11 is 1.97. The van der Waals surface area contributed by atoms with Crippen LogP contribution in [0.3, 0.4) is 0 Å². The van der Waals surface area contributed by atoms with Crippen molar-refractivity contribution in [2.45, 2.75) is 51.2 Å². The molecule has 1 aromatic carbocycles. The van der Waals surface area contributed by atoms with E-state index in [9.17, 15) is 18.0 Å². The second-order valence-corrected chi connectivity index (χ2v) is 8.94. The van der Waals surface area contributed by atoms with E-state index in [0.717, 1.165) is 43.5 Å². The molecular weight excluding hydrogens is 387 g/mol. The number of nitrogens with zero attached hydrogens (tertiary/aromatic N) is 1. The van der Waals surface area contributed by atoms with Gasteiger partial charge in [0.15, 0.2) is 0 Å². The van der Waals surface area contributed by atoms with Crippen LogP contribution in [0.1, 0.15) is 43.7 Å². The largest absolute Gasteiger partial charge is 0.466 e. The maximum Gasteiger partial charge on any atom is 0.416 e. The van der Waals surface area contributed by atoms with E-state index >= 15 is 0 Å². The lowest BCUT2D eigenvalue weighted by molar-refractivity contribution is -0.159. The molecule has 3 rings (SSSR count). The van der Waals surface area contributed by atoms with E-state index in [0.29, 0.717) is 18.9 Å². The molecule has 2 aliphatic heterocycles. The Kier molecular flexibility index (Phi) is 6.97. The second kappa shape index (κ2) is 9.08. The Morgan fingerprint density at radius 1 is 1.21 bits per heavy atom. The van der Waals surface area contributed by atoms with Crippen LogP contribution in [0, 0.1) is 5.41 Å². The summed E-state index contributed by atoms with van der Waals surface area (Å²) in [5.74, 6) is 1.96. The molecular formula is C21H28F3NO2S. The van der Waals surface area contributed by atoms with Gasteiger partial charge in [-0.05, 0) is 75.3 Å². The highest BCUT2D eigenvalue weighted by Gasteiger charge is 2.45. The molecule has 7 heteroatoms. The molecule has 28 heavy (non-hydrogen) atoms. The molecule has 1 aromatic rings. The lowest BCUT2D eigenvalue weighted by Gasteiger charge is -2.44. The molecule has 0 saturated carbocycles. The first-order valence-corrected chi connectivity index (χ1v) is 11.2. The quantitative estimate of drug-likeness (QED) is 0.647. The molecule has 2 saturated heterocycles. The smallest absolute Gasteiger partial charge is 0.416 e. The summed E-state index contributed by atoms with van der Waals surface area (Å²) in [6.45, 7) is 3.46. The van der Waals surface area contributed by atoms with Gasteiger partial charge in [-0.25, -0.2) is 0 Å². The summed E-state index contributed by atoms with van der Waals surface area (Å²) in [6, 6.07) is 6.13. The van der Waals surface area contributed by atoms with Gasteiger partial charge in [0.2, 0.25) is 0 Å². The van der Waals surface area contributed by atoms with Gasteiger partial charge in [-0.1, -0.05) is 18.2 Å². The van der Waals surface area contributed by atoms with Crippen LogP contribution in [0.2, 0.25) is 0 Å². The van der Waals surface area contributed by atoms with Crippen molar-refractivity contribution in [1.29, 1.82) is 0 Å². The fraction of sp³-hybridized carbons (Fsp3) is 0.667. The number of likely N-dealkylation sites (tertiary alicyclic amines) is 1. The predicted molar refractivity (Wildman–Crippen MR) is 105 cm³/mol. The second-order valence-electron chi connectivity index (χ2n) is 7.71. The molecule has 0 aliphatic carbocycles. The number of alkyl halides is 3. The van der Waals surface area contributed by atoms with E-state index in [1.165, 1.54) is 12.1 Å². The third kappa shape index (κ3) is 4.85. The number of benzene rings is 1. The molecule has 0 unspecified atom stereocenters. The SMILES string of the molecule is CCOC(=O)C1(Cc2ccccc2C(F)(F)F)CCN(C2CCSCC2)CC1. The maximum absolute atomic E-state index is 13.5. The molecule has 2 fully saturated rings. The highest BCUT2D eigenvalue weighted by Crippen LogP contribution is 2.41. The molecule has 0 amide bonds. The third-order valence-electron chi connectivity index (χ3n) is 6.02. The van der Waals surface area contributed by atoms with E-state index in [4.69, 9.17) is 4.74 Å². The van der Waals surface area contributed by atoms with Crippen LogP contribution in [-0.2, 0) is 22.1 Å². The maximum atomic E-state index is 13.5. The highest BCUT2D eigenvalue weighted by molar-refractivity contribution is 7.99. The predicted octanol–water partition coefficient (Wildman–Crippen LogP) is 4.79. The van der Waals surface area contributed by atoms with Crippen LogP contribution in [0.25, 0.3) is 0 Å². The number of ether oxygens (including phenoxy) is 1. The molecule has 0 spiro atoms. The van der Waals surface area contributed by atoms with Gasteiger partial charge in [-0.3, -0.25) is 4.79 Å². The zero-order valence-corrected chi connectivity index (χ0v) is 17.1. The van der Waals surface area contributed by atoms with Gasteiger partial charge in [0.1, 0.15) is 0 Å². The molecule has 2 heterocycles. The molecule has 0 aromatic heterocycles. The number of carbonyl (C=O) groups excluding carboxylic acids is 1. The summed E-state index contributed by atoms with van der Waals surface area (Å²) in [7, 11) is 0. The number of halogens is 3. The average Bonchev–Trinajstić information content (AvgIpc) is 2.69. The summed E-state index contributed by atoms with van der Waals surface area (Å²) in [5, 5.41) is 0. The van der Waals surface area contributed by atoms with Crippen molar-refractivity contribution in [1.82, 2.24) is 4.90 Å². The van der Waals surface area contributed by atoms with E-state index < -0.39 is 17.2 Å². The van der Waals surface area contributed by atoms with Crippen molar-refractivity contribution in [2.24, 2.45) is 5.41 Å². The van der Waals surface area contributed by atoms with Gasteiger partial charge in [-0.2, -0.15) is 24.9 Å². The molecule has 156 valence electrons. The Hall–Kier alpha value is -1.21. The summed E-state index contributed by atoms with van der Waals surface area (Å²) in [5.41, 5.74) is -1.34. The standard InChI is InChI=1S/C21H28F3NO2S/c1-2-27-19(26)20(15-16-5-3-4-6-18(16)21(22,23)24)9-11-25(12-10-20)17-7-13-28-14-8-17/h3-6,17H,2,7-15H2,1H3. The summed E-state index contributed by atoms with van der Waals surface area (Å²) in [4.78, 5) is 15.3. The highest BCUT2D eigenvalue weighted by atomic mass is 32.2. The minimum atomic E-state index is -4.42. The number of rotatable bonds is 5. The van der Waals surface area contributed by atoms with Crippen LogP contribution in [-0.4, -0.2) is 48.1 Å². The van der Waals surface area contributed by atoms with Crippen molar-refractivity contribution in [3.63, 3.8) is 0 Å². The van der Waals surface area contributed by atoms with Gasteiger partial charge in [0.05, 0.1) is 17.6 Å². The zero-order chi connectivity index (χ0) is 20.2. The minimum absolute atomic E-state index is 0.0792. The zero-order valence-electron chi connectivity index (χ0n) is 16.3. The van der Waals surface area contributed by atoms with Crippen molar-refractivity contribution >= 4 is 17.7 Å². The van der Waals surface area contributed by atoms with E-state index in [1.807, 2.05) is 11.8 Å². The van der Waals surface area contributed by atoms with Gasteiger partial charge in [0.25, 0.3) is 0 Å². The Morgan fingerprint density at radius 3 is 2.46 bits per heavy atom. The van der Waals surface area contributed by atoms with Crippen molar-refractivity contribution in [2.75, 3.05) is 31.2 Å². The van der Waals surface area contributed by atoms with Crippen LogP contribution >= 0.6 is 11.8 Å². The normalized spacial score (nSPS) is 21.4. The van der Waals surface area contributed by atoms with E-state index in [-0.39, 0.29) is 24.6 Å². The molecule has 0 atom stereocenters.